The van der Waals surface area contributed by atoms with Crippen LogP contribution in [0.2, 0.25) is 0 Å². The van der Waals surface area contributed by atoms with Gasteiger partial charge in [-0.25, -0.2) is 15.0 Å². The molecule has 2 fully saturated rings. The molecule has 186 valence electrons. The van der Waals surface area contributed by atoms with E-state index in [0.717, 1.165) is 29.6 Å². The Morgan fingerprint density at radius 2 is 1.86 bits per heavy atom. The summed E-state index contributed by atoms with van der Waals surface area (Å²) in [5, 5.41) is 0. The summed E-state index contributed by atoms with van der Waals surface area (Å²) < 4.78 is 7.92. The van der Waals surface area contributed by atoms with Crippen LogP contribution in [0.25, 0.3) is 16.9 Å². The maximum atomic E-state index is 12.4. The van der Waals surface area contributed by atoms with Crippen LogP contribution >= 0.6 is 0 Å². The number of fused-ring (bicyclic) bond motifs is 1. The first-order chi connectivity index (χ1) is 18.1. The average molecular weight is 493 g/mol. The van der Waals surface area contributed by atoms with Crippen molar-refractivity contribution in [2.45, 2.75) is 44.4 Å². The summed E-state index contributed by atoms with van der Waals surface area (Å²) in [6.07, 6.45) is 7.82. The molecule has 2 aliphatic rings. The summed E-state index contributed by atoms with van der Waals surface area (Å²) in [7, 11) is 0. The van der Waals surface area contributed by atoms with Crippen molar-refractivity contribution in [3.05, 3.63) is 66.1 Å². The zero-order valence-corrected chi connectivity index (χ0v) is 20.7. The van der Waals surface area contributed by atoms with Crippen molar-refractivity contribution in [3.63, 3.8) is 0 Å². The minimum Gasteiger partial charge on any atom is -0.439 e. The number of amides is 1. The average Bonchev–Trinajstić information content (AvgIpc) is 3.70. The molecule has 0 radical (unpaired) electrons. The molecule has 1 unspecified atom stereocenters. The number of imidazole rings is 1. The summed E-state index contributed by atoms with van der Waals surface area (Å²) in [5.41, 5.74) is 10.3. The number of hydrogen-bond donors (Lipinski definition) is 1. The molecule has 1 amide bonds. The summed E-state index contributed by atoms with van der Waals surface area (Å²) in [6, 6.07) is 13.8. The number of pyridine rings is 1. The number of anilines is 1. The quantitative estimate of drug-likeness (QED) is 0.403. The Morgan fingerprint density at radius 1 is 1.05 bits per heavy atom. The van der Waals surface area contributed by atoms with Crippen LogP contribution in [-0.2, 0) is 4.79 Å². The highest BCUT2D eigenvalue weighted by Crippen LogP contribution is 2.41. The van der Waals surface area contributed by atoms with Crippen molar-refractivity contribution in [2.75, 3.05) is 18.8 Å². The first kappa shape index (κ1) is 23.0. The van der Waals surface area contributed by atoms with Crippen molar-refractivity contribution in [1.82, 2.24) is 24.3 Å². The number of ether oxygens (including phenoxy) is 1. The lowest BCUT2D eigenvalue weighted by atomic mass is 9.94. The van der Waals surface area contributed by atoms with Gasteiger partial charge >= 0.3 is 0 Å². The molecule has 4 aromatic rings. The third kappa shape index (κ3) is 4.60. The molecule has 0 bridgehead atoms. The molecule has 1 atom stereocenters. The Morgan fingerprint density at radius 3 is 2.65 bits per heavy atom. The van der Waals surface area contributed by atoms with Gasteiger partial charge in [-0.1, -0.05) is 5.92 Å². The fourth-order valence-electron chi connectivity index (χ4n) is 5.09. The number of hydrogen-bond acceptors (Lipinski definition) is 6. The SMILES string of the molecule is CC#CC(=O)N1CCCC(c2nc(-c3ccc(Oc4cc(C5CC5)ccn4)cc3)n3c(N)nccc23)C1. The van der Waals surface area contributed by atoms with Gasteiger partial charge in [0.1, 0.15) is 11.6 Å². The Labute approximate surface area is 215 Å². The van der Waals surface area contributed by atoms with Gasteiger partial charge in [0, 0.05) is 43.0 Å². The van der Waals surface area contributed by atoms with Crippen LogP contribution in [0, 0.1) is 11.8 Å². The predicted octanol–water partition coefficient (Wildman–Crippen LogP) is 4.77. The zero-order valence-electron chi connectivity index (χ0n) is 20.7. The van der Waals surface area contributed by atoms with Gasteiger partial charge in [0.15, 0.2) is 0 Å². The van der Waals surface area contributed by atoms with Crippen LogP contribution in [-0.4, -0.2) is 43.2 Å². The van der Waals surface area contributed by atoms with Gasteiger partial charge in [0.2, 0.25) is 11.8 Å². The predicted molar refractivity (Wildman–Crippen MR) is 141 cm³/mol. The fourth-order valence-corrected chi connectivity index (χ4v) is 5.09. The van der Waals surface area contributed by atoms with Gasteiger partial charge in [-0.3, -0.25) is 9.20 Å². The lowest BCUT2D eigenvalue weighted by molar-refractivity contribution is -0.126. The molecule has 3 aromatic heterocycles. The summed E-state index contributed by atoms with van der Waals surface area (Å²) in [5.74, 6) is 8.36. The topological polar surface area (TPSA) is 98.6 Å². The standard InChI is InChI=1S/C29H28N6O2/c1-2-4-26(36)34-16-3-5-22(18-34)27-24-13-15-32-29(30)35(24)28(33-27)20-8-10-23(11-9-20)37-25-17-21(12-14-31-25)19-6-7-19/h8-15,17,19,22H,3,5-7,16,18H2,1H3,(H2,30,32). The molecule has 8 nitrogen and oxygen atoms in total. The molecular weight excluding hydrogens is 464 g/mol. The maximum absolute atomic E-state index is 12.4. The number of carbonyl (C=O) groups is 1. The van der Waals surface area contributed by atoms with Gasteiger partial charge in [0.05, 0.1) is 11.2 Å². The molecule has 1 saturated carbocycles. The molecule has 8 heteroatoms. The van der Waals surface area contributed by atoms with Gasteiger partial charge in [-0.15, -0.1) is 0 Å². The first-order valence-electron chi connectivity index (χ1n) is 12.7. The van der Waals surface area contributed by atoms with E-state index in [9.17, 15) is 4.79 Å². The largest absolute Gasteiger partial charge is 0.439 e. The molecular formula is C29H28N6O2. The van der Waals surface area contributed by atoms with Crippen molar-refractivity contribution in [2.24, 2.45) is 0 Å². The minimum absolute atomic E-state index is 0.0920. The van der Waals surface area contributed by atoms with E-state index in [1.807, 2.05) is 45.7 Å². The van der Waals surface area contributed by atoms with E-state index < -0.39 is 0 Å². The van der Waals surface area contributed by atoms with E-state index in [2.05, 4.69) is 27.9 Å². The van der Waals surface area contributed by atoms with E-state index in [4.69, 9.17) is 15.5 Å². The number of carbonyl (C=O) groups excluding carboxylic acids is 1. The van der Waals surface area contributed by atoms with Crippen molar-refractivity contribution in [1.29, 1.82) is 0 Å². The van der Waals surface area contributed by atoms with Crippen LogP contribution in [0.15, 0.2) is 54.9 Å². The Bertz CT molecular complexity index is 1530. The molecule has 1 aromatic carbocycles. The minimum atomic E-state index is -0.134. The van der Waals surface area contributed by atoms with Gasteiger partial charge in [-0.05, 0) is 86.4 Å². The molecule has 1 saturated heterocycles. The smallest absolute Gasteiger partial charge is 0.298 e. The Hall–Kier alpha value is -4.38. The van der Waals surface area contributed by atoms with E-state index in [-0.39, 0.29) is 11.8 Å². The summed E-state index contributed by atoms with van der Waals surface area (Å²) in [4.78, 5) is 28.0. The number of rotatable bonds is 5. The lowest BCUT2D eigenvalue weighted by Crippen LogP contribution is -2.38. The molecule has 1 aliphatic heterocycles. The highest BCUT2D eigenvalue weighted by atomic mass is 16.5. The van der Waals surface area contributed by atoms with Crippen LogP contribution in [0.1, 0.15) is 55.7 Å². The highest BCUT2D eigenvalue weighted by molar-refractivity contribution is 5.93. The number of aromatic nitrogens is 4. The van der Waals surface area contributed by atoms with Gasteiger partial charge in [-0.2, -0.15) is 0 Å². The second kappa shape index (κ2) is 9.58. The molecule has 4 heterocycles. The molecule has 0 spiro atoms. The van der Waals surface area contributed by atoms with E-state index >= 15 is 0 Å². The second-order valence-electron chi connectivity index (χ2n) is 9.64. The van der Waals surface area contributed by atoms with Crippen LogP contribution in [0.3, 0.4) is 0 Å². The molecule has 2 N–H and O–H groups in total. The van der Waals surface area contributed by atoms with E-state index in [1.54, 1.807) is 19.3 Å². The summed E-state index contributed by atoms with van der Waals surface area (Å²) in [6.45, 7) is 2.98. The third-order valence-electron chi connectivity index (χ3n) is 7.08. The van der Waals surface area contributed by atoms with Crippen LogP contribution in [0.4, 0.5) is 5.95 Å². The monoisotopic (exact) mass is 492 g/mol. The number of benzene rings is 1. The fraction of sp³-hybridized carbons (Fsp3) is 0.310. The number of nitrogens with zero attached hydrogens (tertiary/aromatic N) is 5. The van der Waals surface area contributed by atoms with E-state index in [1.165, 1.54) is 18.4 Å². The lowest BCUT2D eigenvalue weighted by Gasteiger charge is -2.30. The van der Waals surface area contributed by atoms with Crippen molar-refractivity contribution < 1.29 is 9.53 Å². The van der Waals surface area contributed by atoms with Crippen molar-refractivity contribution in [3.8, 4) is 34.9 Å². The van der Waals surface area contributed by atoms with Gasteiger partial charge < -0.3 is 15.4 Å². The zero-order chi connectivity index (χ0) is 25.4. The second-order valence-corrected chi connectivity index (χ2v) is 9.64. The van der Waals surface area contributed by atoms with Crippen molar-refractivity contribution >= 4 is 17.4 Å². The summed E-state index contributed by atoms with van der Waals surface area (Å²) >= 11 is 0. The number of piperidine rings is 1. The Balaban J connectivity index is 1.30. The highest BCUT2D eigenvalue weighted by Gasteiger charge is 2.29. The first-order valence-corrected chi connectivity index (χ1v) is 12.7. The molecule has 37 heavy (non-hydrogen) atoms. The van der Waals surface area contributed by atoms with Crippen LogP contribution < -0.4 is 10.5 Å². The number of likely N-dealkylation sites (tertiary alicyclic amines) is 1. The normalized spacial score (nSPS) is 17.3. The van der Waals surface area contributed by atoms with Gasteiger partial charge in [0.25, 0.3) is 5.91 Å². The molecule has 6 rings (SSSR count). The number of nitrogens with two attached hydrogens (primary N) is 1. The van der Waals surface area contributed by atoms with E-state index in [0.29, 0.717) is 42.4 Å². The maximum Gasteiger partial charge on any atom is 0.298 e. The van der Waals surface area contributed by atoms with Crippen LogP contribution in [0.5, 0.6) is 11.6 Å². The number of nitrogen functional groups attached to an aromatic ring is 1. The third-order valence-corrected chi connectivity index (χ3v) is 7.08. The Kier molecular flexibility index (Phi) is 5.97. The molecule has 1 aliphatic carbocycles.